The fraction of sp³-hybridized carbons (Fsp3) is 0.143. The maximum Gasteiger partial charge on any atom is 0.314 e. The number of benzene rings is 2. The molecular formula is C21H16ClNO3S. The molecule has 136 valence electrons. The smallest absolute Gasteiger partial charge is 0.314 e. The van der Waals surface area contributed by atoms with Crippen LogP contribution in [-0.2, 0) is 10.2 Å². The molecule has 0 radical (unpaired) electrons. The summed E-state index contributed by atoms with van der Waals surface area (Å²) in [6.07, 6.45) is 1.39. The molecule has 1 aliphatic carbocycles. The van der Waals surface area contributed by atoms with Crippen LogP contribution in [0.3, 0.4) is 0 Å². The van der Waals surface area contributed by atoms with Gasteiger partial charge in [-0.3, -0.25) is 9.59 Å². The Bertz CT molecular complexity index is 1030. The monoisotopic (exact) mass is 397 g/mol. The first-order chi connectivity index (χ1) is 12.9. The van der Waals surface area contributed by atoms with E-state index in [1.54, 1.807) is 6.07 Å². The second-order valence-electron chi connectivity index (χ2n) is 6.70. The number of amides is 1. The van der Waals surface area contributed by atoms with Gasteiger partial charge < -0.3 is 10.8 Å². The van der Waals surface area contributed by atoms with Gasteiger partial charge in [0.25, 0.3) is 0 Å². The lowest BCUT2D eigenvalue weighted by atomic mass is 9.93. The third-order valence-electron chi connectivity index (χ3n) is 5.04. The lowest BCUT2D eigenvalue weighted by molar-refractivity contribution is -0.140. The van der Waals surface area contributed by atoms with Gasteiger partial charge in [-0.1, -0.05) is 60.1 Å². The quantitative estimate of drug-likeness (QED) is 0.639. The van der Waals surface area contributed by atoms with E-state index in [1.165, 1.54) is 11.3 Å². The summed E-state index contributed by atoms with van der Waals surface area (Å²) in [5.41, 5.74) is 8.91. The fourth-order valence-corrected chi connectivity index (χ4v) is 4.54. The molecule has 4 rings (SSSR count). The van der Waals surface area contributed by atoms with Crippen LogP contribution in [0, 0.1) is 0 Å². The van der Waals surface area contributed by atoms with Crippen LogP contribution in [0.1, 0.15) is 28.8 Å². The predicted octanol–water partition coefficient (Wildman–Crippen LogP) is 4.95. The van der Waals surface area contributed by atoms with Crippen LogP contribution in [0.5, 0.6) is 0 Å². The predicted molar refractivity (Wildman–Crippen MR) is 107 cm³/mol. The summed E-state index contributed by atoms with van der Waals surface area (Å²) in [4.78, 5) is 23.8. The highest BCUT2D eigenvalue weighted by Crippen LogP contribution is 2.48. The third kappa shape index (κ3) is 3.13. The maximum absolute atomic E-state index is 11.6. The number of aliphatic carboxylic acids is 1. The molecule has 0 atom stereocenters. The van der Waals surface area contributed by atoms with Crippen LogP contribution in [-0.4, -0.2) is 17.0 Å². The summed E-state index contributed by atoms with van der Waals surface area (Å²) in [5.74, 6) is -1.25. The molecule has 0 spiro atoms. The Balaban J connectivity index is 1.62. The second-order valence-corrected chi connectivity index (χ2v) is 8.38. The zero-order valence-electron chi connectivity index (χ0n) is 14.2. The lowest BCUT2D eigenvalue weighted by Crippen LogP contribution is -2.19. The van der Waals surface area contributed by atoms with Gasteiger partial charge in [0, 0.05) is 4.88 Å². The third-order valence-corrected chi connectivity index (χ3v) is 6.36. The number of primary amides is 1. The lowest BCUT2D eigenvalue weighted by Gasteiger charge is -2.11. The van der Waals surface area contributed by atoms with E-state index in [2.05, 4.69) is 0 Å². The SMILES string of the molecule is NC(=O)c1cc(Cl)sc1-c1ccc(-c2ccc(C3(C(=O)O)CC3)cc2)cc1. The number of carbonyl (C=O) groups excluding carboxylic acids is 1. The van der Waals surface area contributed by atoms with Crippen LogP contribution in [0.2, 0.25) is 4.34 Å². The number of carboxylic acid groups (broad SMARTS) is 1. The molecule has 0 unspecified atom stereocenters. The molecule has 27 heavy (non-hydrogen) atoms. The van der Waals surface area contributed by atoms with E-state index < -0.39 is 17.3 Å². The Hall–Kier alpha value is -2.63. The van der Waals surface area contributed by atoms with Crippen molar-refractivity contribution in [3.05, 3.63) is 70.1 Å². The Morgan fingerprint density at radius 1 is 0.963 bits per heavy atom. The number of carboxylic acids is 1. The van der Waals surface area contributed by atoms with Crippen LogP contribution >= 0.6 is 22.9 Å². The van der Waals surface area contributed by atoms with Crippen molar-refractivity contribution in [3.8, 4) is 21.6 Å². The standard InChI is InChI=1S/C21H16ClNO3S/c22-17-11-16(19(23)24)18(27-17)14-3-1-12(2-4-14)13-5-7-15(8-6-13)21(9-10-21)20(25)26/h1-8,11H,9-10H2,(H2,23,24)(H,25,26). The first-order valence-electron chi connectivity index (χ1n) is 8.44. The average molecular weight is 398 g/mol. The minimum atomic E-state index is -0.750. The normalized spacial score (nSPS) is 14.7. The number of hydrogen-bond acceptors (Lipinski definition) is 3. The highest BCUT2D eigenvalue weighted by Gasteiger charge is 2.51. The molecular weight excluding hydrogens is 382 g/mol. The van der Waals surface area contributed by atoms with Gasteiger partial charge in [-0.2, -0.15) is 0 Å². The zero-order chi connectivity index (χ0) is 19.2. The van der Waals surface area contributed by atoms with Crippen LogP contribution in [0.25, 0.3) is 21.6 Å². The van der Waals surface area contributed by atoms with Crippen LogP contribution < -0.4 is 5.73 Å². The van der Waals surface area contributed by atoms with Crippen LogP contribution in [0.4, 0.5) is 0 Å². The Morgan fingerprint density at radius 2 is 1.48 bits per heavy atom. The molecule has 1 saturated carbocycles. The molecule has 6 heteroatoms. The van der Waals surface area contributed by atoms with Crippen molar-refractivity contribution in [2.75, 3.05) is 0 Å². The van der Waals surface area contributed by atoms with Crippen molar-refractivity contribution in [1.82, 2.24) is 0 Å². The van der Waals surface area contributed by atoms with Gasteiger partial charge in [0.1, 0.15) is 0 Å². The Labute approximate surface area is 165 Å². The molecule has 1 aliphatic rings. The van der Waals surface area contributed by atoms with Gasteiger partial charge in [-0.05, 0) is 41.2 Å². The molecule has 1 amide bonds. The van der Waals surface area contributed by atoms with Crippen molar-refractivity contribution in [3.63, 3.8) is 0 Å². The first kappa shape index (κ1) is 17.8. The molecule has 4 nitrogen and oxygen atoms in total. The van der Waals surface area contributed by atoms with E-state index in [-0.39, 0.29) is 0 Å². The summed E-state index contributed by atoms with van der Waals surface area (Å²) in [5, 5.41) is 9.40. The van der Waals surface area contributed by atoms with E-state index in [0.29, 0.717) is 22.7 Å². The van der Waals surface area contributed by atoms with Gasteiger partial charge in [-0.15, -0.1) is 11.3 Å². The summed E-state index contributed by atoms with van der Waals surface area (Å²) >= 11 is 7.36. The van der Waals surface area contributed by atoms with Crippen molar-refractivity contribution in [2.24, 2.45) is 5.73 Å². The van der Waals surface area contributed by atoms with Crippen molar-refractivity contribution in [2.45, 2.75) is 18.3 Å². The minimum absolute atomic E-state index is 0.422. The molecule has 1 aromatic heterocycles. The zero-order valence-corrected chi connectivity index (χ0v) is 15.8. The molecule has 2 aromatic carbocycles. The number of rotatable bonds is 5. The van der Waals surface area contributed by atoms with E-state index >= 15 is 0 Å². The van der Waals surface area contributed by atoms with Gasteiger partial charge in [0.15, 0.2) is 0 Å². The van der Waals surface area contributed by atoms with Gasteiger partial charge in [0.2, 0.25) is 5.91 Å². The Kier molecular flexibility index (Phi) is 4.29. The van der Waals surface area contributed by atoms with Crippen molar-refractivity contribution in [1.29, 1.82) is 0 Å². The molecule has 3 N–H and O–H groups in total. The maximum atomic E-state index is 11.6. The number of thiophene rings is 1. The van der Waals surface area contributed by atoms with E-state index in [0.717, 1.165) is 27.1 Å². The van der Waals surface area contributed by atoms with Crippen LogP contribution in [0.15, 0.2) is 54.6 Å². The number of carbonyl (C=O) groups is 2. The summed E-state index contributed by atoms with van der Waals surface area (Å²) in [7, 11) is 0. The average Bonchev–Trinajstić information content (AvgIpc) is 3.39. The highest BCUT2D eigenvalue weighted by atomic mass is 35.5. The largest absolute Gasteiger partial charge is 0.481 e. The number of halogens is 1. The summed E-state index contributed by atoms with van der Waals surface area (Å²) in [6.45, 7) is 0. The molecule has 0 aliphatic heterocycles. The summed E-state index contributed by atoms with van der Waals surface area (Å²) in [6, 6.07) is 17.1. The summed E-state index contributed by atoms with van der Waals surface area (Å²) < 4.78 is 0.519. The topological polar surface area (TPSA) is 80.4 Å². The second kappa shape index (κ2) is 6.51. The number of hydrogen-bond donors (Lipinski definition) is 2. The van der Waals surface area contributed by atoms with E-state index in [1.807, 2.05) is 48.5 Å². The molecule has 3 aromatic rings. The minimum Gasteiger partial charge on any atom is -0.481 e. The van der Waals surface area contributed by atoms with E-state index in [4.69, 9.17) is 17.3 Å². The molecule has 0 saturated heterocycles. The van der Waals surface area contributed by atoms with Gasteiger partial charge in [-0.25, -0.2) is 0 Å². The Morgan fingerprint density at radius 3 is 1.96 bits per heavy atom. The molecule has 1 heterocycles. The first-order valence-corrected chi connectivity index (χ1v) is 9.64. The molecule has 1 fully saturated rings. The van der Waals surface area contributed by atoms with Gasteiger partial charge in [0.05, 0.1) is 15.3 Å². The number of nitrogens with two attached hydrogens (primary N) is 1. The van der Waals surface area contributed by atoms with E-state index in [9.17, 15) is 14.7 Å². The van der Waals surface area contributed by atoms with Crippen molar-refractivity contribution < 1.29 is 14.7 Å². The fourth-order valence-electron chi connectivity index (χ4n) is 3.31. The molecule has 0 bridgehead atoms. The van der Waals surface area contributed by atoms with Crippen molar-refractivity contribution >= 4 is 34.8 Å². The highest BCUT2D eigenvalue weighted by molar-refractivity contribution is 7.19. The van der Waals surface area contributed by atoms with Gasteiger partial charge >= 0.3 is 5.97 Å².